The van der Waals surface area contributed by atoms with Crippen molar-refractivity contribution in [3.05, 3.63) is 105 Å². The largest absolute Gasteiger partial charge is 0.497 e. The molecular weight excluding hydrogens is 424 g/mol. The maximum Gasteiger partial charge on any atom is 0.258 e. The first kappa shape index (κ1) is 23.3. The summed E-state index contributed by atoms with van der Waals surface area (Å²) in [6.07, 6.45) is 0. The second-order valence-electron chi connectivity index (χ2n) is 9.58. The highest BCUT2D eigenvalue weighted by Crippen LogP contribution is 2.27. The van der Waals surface area contributed by atoms with E-state index >= 15 is 0 Å². The van der Waals surface area contributed by atoms with Crippen molar-refractivity contribution in [3.63, 3.8) is 0 Å². The van der Waals surface area contributed by atoms with Crippen molar-refractivity contribution in [2.24, 2.45) is 0 Å². The van der Waals surface area contributed by atoms with Crippen LogP contribution in [-0.4, -0.2) is 18.0 Å². The summed E-state index contributed by atoms with van der Waals surface area (Å²) in [5, 5.41) is 0.933. The van der Waals surface area contributed by atoms with E-state index in [2.05, 4.69) is 25.8 Å². The molecule has 4 rings (SSSR count). The maximum atomic E-state index is 13.7. The standard InChI is InChI=1S/C29H30N2O3/c1-19-8-6-9-21-16-22(27(32)30-26(19)21)18-31(24-10-7-11-25(17-24)34-5)28(33)20-12-14-23(15-13-20)29(2,3)4/h6-17H,18H2,1-5H3,(H,30,32). The Morgan fingerprint density at radius 2 is 1.68 bits per heavy atom. The lowest BCUT2D eigenvalue weighted by atomic mass is 9.86. The lowest BCUT2D eigenvalue weighted by Gasteiger charge is -2.24. The van der Waals surface area contributed by atoms with Gasteiger partial charge in [0.15, 0.2) is 0 Å². The van der Waals surface area contributed by atoms with E-state index in [1.165, 1.54) is 0 Å². The molecule has 0 unspecified atom stereocenters. The van der Waals surface area contributed by atoms with E-state index in [4.69, 9.17) is 4.74 Å². The van der Waals surface area contributed by atoms with Crippen LogP contribution in [-0.2, 0) is 12.0 Å². The number of amides is 1. The lowest BCUT2D eigenvalue weighted by molar-refractivity contribution is 0.0985. The van der Waals surface area contributed by atoms with Gasteiger partial charge in [0.25, 0.3) is 11.5 Å². The number of carbonyl (C=O) groups is 1. The highest BCUT2D eigenvalue weighted by atomic mass is 16.5. The number of pyridine rings is 1. The van der Waals surface area contributed by atoms with E-state index in [0.717, 1.165) is 22.0 Å². The average Bonchev–Trinajstić information content (AvgIpc) is 2.82. The van der Waals surface area contributed by atoms with E-state index in [0.29, 0.717) is 22.6 Å². The van der Waals surface area contributed by atoms with Gasteiger partial charge in [0.05, 0.1) is 19.2 Å². The summed E-state index contributed by atoms with van der Waals surface area (Å²) in [6.45, 7) is 8.51. The number of benzene rings is 3. The number of aromatic nitrogens is 1. The fourth-order valence-corrected chi connectivity index (χ4v) is 4.04. The van der Waals surface area contributed by atoms with E-state index in [9.17, 15) is 9.59 Å². The number of aryl methyl sites for hydroxylation is 1. The monoisotopic (exact) mass is 454 g/mol. The summed E-state index contributed by atoms with van der Waals surface area (Å²) < 4.78 is 5.38. The highest BCUT2D eigenvalue weighted by molar-refractivity contribution is 6.06. The smallest absolute Gasteiger partial charge is 0.258 e. The molecule has 4 aromatic rings. The van der Waals surface area contributed by atoms with Gasteiger partial charge in [0.2, 0.25) is 0 Å². The second kappa shape index (κ2) is 9.18. The Balaban J connectivity index is 1.77. The number of ether oxygens (including phenoxy) is 1. The predicted octanol–water partition coefficient (Wildman–Crippen LogP) is 5.99. The molecule has 0 radical (unpaired) electrons. The van der Waals surface area contributed by atoms with Gasteiger partial charge in [-0.3, -0.25) is 9.59 Å². The van der Waals surface area contributed by atoms with Crippen molar-refractivity contribution in [2.75, 3.05) is 12.0 Å². The molecule has 3 aromatic carbocycles. The highest BCUT2D eigenvalue weighted by Gasteiger charge is 2.22. The minimum atomic E-state index is -0.203. The van der Waals surface area contributed by atoms with Gasteiger partial charge in [-0.15, -0.1) is 0 Å². The number of anilines is 1. The molecule has 0 bridgehead atoms. The summed E-state index contributed by atoms with van der Waals surface area (Å²) in [4.78, 5) is 31.3. The number of methoxy groups -OCH3 is 1. The van der Waals surface area contributed by atoms with Crippen molar-refractivity contribution in [3.8, 4) is 5.75 Å². The van der Waals surface area contributed by atoms with Crippen LogP contribution >= 0.6 is 0 Å². The maximum absolute atomic E-state index is 13.7. The zero-order chi connectivity index (χ0) is 24.5. The van der Waals surface area contributed by atoms with E-state index in [-0.39, 0.29) is 23.4 Å². The molecule has 0 spiro atoms. The third-order valence-corrected chi connectivity index (χ3v) is 6.10. The minimum Gasteiger partial charge on any atom is -0.497 e. The molecule has 34 heavy (non-hydrogen) atoms. The Hall–Kier alpha value is -3.86. The summed E-state index contributed by atoms with van der Waals surface area (Å²) in [7, 11) is 1.59. The average molecular weight is 455 g/mol. The van der Waals surface area contributed by atoms with Gasteiger partial charge in [-0.2, -0.15) is 0 Å². The normalized spacial score (nSPS) is 11.4. The fraction of sp³-hybridized carbons (Fsp3) is 0.241. The van der Waals surface area contributed by atoms with Crippen LogP contribution in [0.3, 0.4) is 0 Å². The molecule has 0 aliphatic heterocycles. The van der Waals surface area contributed by atoms with Gasteiger partial charge in [-0.1, -0.05) is 57.2 Å². The number of rotatable bonds is 5. The van der Waals surface area contributed by atoms with Crippen LogP contribution in [0.25, 0.3) is 10.9 Å². The van der Waals surface area contributed by atoms with Gasteiger partial charge >= 0.3 is 0 Å². The lowest BCUT2D eigenvalue weighted by Crippen LogP contribution is -2.33. The molecule has 0 aliphatic carbocycles. The number of nitrogens with one attached hydrogen (secondary N) is 1. The zero-order valence-corrected chi connectivity index (χ0v) is 20.3. The van der Waals surface area contributed by atoms with Crippen molar-refractivity contribution >= 4 is 22.5 Å². The minimum absolute atomic E-state index is 0.00934. The van der Waals surface area contributed by atoms with Crippen LogP contribution < -0.4 is 15.2 Å². The Labute approximate surface area is 200 Å². The summed E-state index contributed by atoms with van der Waals surface area (Å²) in [5.41, 5.74) is 4.49. The number of para-hydroxylation sites is 1. The van der Waals surface area contributed by atoms with Crippen LogP contribution in [0.5, 0.6) is 5.75 Å². The van der Waals surface area contributed by atoms with Gasteiger partial charge in [0.1, 0.15) is 5.75 Å². The number of aromatic amines is 1. The van der Waals surface area contributed by atoms with Crippen molar-refractivity contribution in [2.45, 2.75) is 39.7 Å². The van der Waals surface area contributed by atoms with Crippen molar-refractivity contribution < 1.29 is 9.53 Å². The predicted molar refractivity (Wildman–Crippen MR) is 138 cm³/mol. The first-order valence-corrected chi connectivity index (χ1v) is 11.4. The number of fused-ring (bicyclic) bond motifs is 1. The van der Waals surface area contributed by atoms with Gasteiger partial charge in [-0.05, 0) is 59.2 Å². The van der Waals surface area contributed by atoms with Crippen LogP contribution in [0.2, 0.25) is 0 Å². The topological polar surface area (TPSA) is 62.4 Å². The molecular formula is C29H30N2O3. The summed E-state index contributed by atoms with van der Waals surface area (Å²) in [6, 6.07) is 22.8. The number of nitrogens with zero attached hydrogens (tertiary/aromatic N) is 1. The SMILES string of the molecule is COc1cccc(N(Cc2cc3cccc(C)c3[nH]c2=O)C(=O)c2ccc(C(C)(C)C)cc2)c1. The third-order valence-electron chi connectivity index (χ3n) is 6.10. The molecule has 1 aromatic heterocycles. The van der Waals surface area contributed by atoms with E-state index < -0.39 is 0 Å². The molecule has 1 N–H and O–H groups in total. The van der Waals surface area contributed by atoms with Crippen LogP contribution in [0.4, 0.5) is 5.69 Å². The zero-order valence-electron chi connectivity index (χ0n) is 20.3. The first-order valence-electron chi connectivity index (χ1n) is 11.4. The Morgan fingerprint density at radius 1 is 0.971 bits per heavy atom. The third kappa shape index (κ3) is 4.74. The fourth-order valence-electron chi connectivity index (χ4n) is 4.04. The van der Waals surface area contributed by atoms with Crippen LogP contribution in [0.1, 0.15) is 47.8 Å². The molecule has 0 saturated heterocycles. The van der Waals surface area contributed by atoms with Crippen molar-refractivity contribution in [1.82, 2.24) is 4.98 Å². The molecule has 5 heteroatoms. The van der Waals surface area contributed by atoms with E-state index in [1.807, 2.05) is 73.7 Å². The molecule has 0 fully saturated rings. The number of hydrogen-bond acceptors (Lipinski definition) is 3. The van der Waals surface area contributed by atoms with Crippen LogP contribution in [0, 0.1) is 6.92 Å². The van der Waals surface area contributed by atoms with Gasteiger partial charge in [-0.25, -0.2) is 0 Å². The molecule has 174 valence electrons. The Bertz CT molecular complexity index is 1400. The number of hydrogen-bond donors (Lipinski definition) is 1. The second-order valence-corrected chi connectivity index (χ2v) is 9.58. The molecule has 0 saturated carbocycles. The number of carbonyl (C=O) groups excluding carboxylic acids is 1. The summed E-state index contributed by atoms with van der Waals surface area (Å²) in [5.74, 6) is 0.457. The van der Waals surface area contributed by atoms with Crippen molar-refractivity contribution in [1.29, 1.82) is 0 Å². The first-order chi connectivity index (χ1) is 16.2. The quantitative estimate of drug-likeness (QED) is 0.403. The molecule has 0 atom stereocenters. The Kier molecular flexibility index (Phi) is 6.29. The van der Waals surface area contributed by atoms with Gasteiger partial charge in [0, 0.05) is 22.9 Å². The molecule has 1 heterocycles. The molecule has 5 nitrogen and oxygen atoms in total. The number of H-pyrrole nitrogens is 1. The van der Waals surface area contributed by atoms with E-state index in [1.54, 1.807) is 18.1 Å². The molecule has 1 amide bonds. The van der Waals surface area contributed by atoms with Gasteiger partial charge < -0.3 is 14.6 Å². The van der Waals surface area contributed by atoms with Crippen LogP contribution in [0.15, 0.2) is 77.6 Å². The molecule has 0 aliphatic rings. The Morgan fingerprint density at radius 3 is 2.35 bits per heavy atom. The summed E-state index contributed by atoms with van der Waals surface area (Å²) >= 11 is 0.